The molecule has 182 valence electrons. The van der Waals surface area contributed by atoms with Gasteiger partial charge in [0.1, 0.15) is 0 Å². The molecule has 0 radical (unpaired) electrons. The minimum absolute atomic E-state index is 0. The van der Waals surface area contributed by atoms with E-state index in [1.807, 2.05) is 6.07 Å². The maximum atomic E-state index is 13.0. The molecule has 0 aliphatic rings. The van der Waals surface area contributed by atoms with Crippen LogP contribution in [0.4, 0.5) is 0 Å². The Balaban J connectivity index is 0.00000408. The van der Waals surface area contributed by atoms with Crippen molar-refractivity contribution in [1.82, 2.24) is 5.32 Å². The molecule has 0 heterocycles. The standard InChI is InChI=1S/C25H26ClNO5S.ClH/c26-21-5-2-4-20(16-21)24(28)17-27-14-13-18-7-10-22(11-8-18)33(31,32)23-6-1-3-19(15-23)9-12-25(29)30;/h1-8,10-11,15-16,24,27-28H,9,12-14,17H2,(H,29,30);1H/t24-;/m0./s1. The number of benzene rings is 3. The quantitative estimate of drug-likeness (QED) is 0.320. The molecule has 9 heteroatoms. The number of hydrogen-bond donors (Lipinski definition) is 3. The number of aliphatic hydroxyl groups excluding tert-OH is 1. The van der Waals surface area contributed by atoms with E-state index in [4.69, 9.17) is 16.7 Å². The lowest BCUT2D eigenvalue weighted by Crippen LogP contribution is -2.23. The van der Waals surface area contributed by atoms with Crippen molar-refractivity contribution in [2.24, 2.45) is 0 Å². The zero-order valence-corrected chi connectivity index (χ0v) is 20.7. The van der Waals surface area contributed by atoms with Crippen molar-refractivity contribution in [3.63, 3.8) is 0 Å². The summed E-state index contributed by atoms with van der Waals surface area (Å²) < 4.78 is 25.9. The minimum Gasteiger partial charge on any atom is -0.481 e. The van der Waals surface area contributed by atoms with Crippen LogP contribution in [0.1, 0.15) is 29.2 Å². The summed E-state index contributed by atoms with van der Waals surface area (Å²) in [6.45, 7) is 1.00. The van der Waals surface area contributed by atoms with Crippen LogP contribution in [0.3, 0.4) is 0 Å². The lowest BCUT2D eigenvalue weighted by atomic mass is 10.1. The van der Waals surface area contributed by atoms with Crippen LogP contribution in [0.25, 0.3) is 0 Å². The summed E-state index contributed by atoms with van der Waals surface area (Å²) in [6.07, 6.45) is 0.231. The Bertz CT molecular complexity index is 1200. The van der Waals surface area contributed by atoms with Crippen LogP contribution in [0, 0.1) is 0 Å². The van der Waals surface area contributed by atoms with Gasteiger partial charge in [0.2, 0.25) is 9.84 Å². The summed E-state index contributed by atoms with van der Waals surface area (Å²) in [4.78, 5) is 11.1. The van der Waals surface area contributed by atoms with Crippen LogP contribution in [-0.4, -0.2) is 37.7 Å². The Labute approximate surface area is 210 Å². The average Bonchev–Trinajstić information content (AvgIpc) is 2.81. The highest BCUT2D eigenvalue weighted by molar-refractivity contribution is 7.91. The maximum absolute atomic E-state index is 13.0. The van der Waals surface area contributed by atoms with Gasteiger partial charge >= 0.3 is 5.97 Å². The maximum Gasteiger partial charge on any atom is 0.303 e. The molecule has 0 spiro atoms. The Kier molecular flexibility index (Phi) is 10.5. The van der Waals surface area contributed by atoms with E-state index in [0.717, 1.165) is 11.1 Å². The molecular weight excluding hydrogens is 497 g/mol. The number of aliphatic hydroxyl groups is 1. The van der Waals surface area contributed by atoms with Crippen molar-refractivity contribution in [3.05, 3.63) is 94.5 Å². The van der Waals surface area contributed by atoms with E-state index in [9.17, 15) is 18.3 Å². The van der Waals surface area contributed by atoms with Gasteiger partial charge in [-0.25, -0.2) is 8.42 Å². The molecule has 3 aromatic carbocycles. The monoisotopic (exact) mass is 523 g/mol. The van der Waals surface area contributed by atoms with Gasteiger partial charge in [0.15, 0.2) is 0 Å². The molecule has 6 nitrogen and oxygen atoms in total. The summed E-state index contributed by atoms with van der Waals surface area (Å²) in [5.74, 6) is -0.924. The van der Waals surface area contributed by atoms with Crippen molar-refractivity contribution in [1.29, 1.82) is 0 Å². The molecule has 0 aromatic heterocycles. The van der Waals surface area contributed by atoms with Gasteiger partial charge in [-0.1, -0.05) is 48.0 Å². The van der Waals surface area contributed by atoms with E-state index in [0.29, 0.717) is 30.1 Å². The van der Waals surface area contributed by atoms with E-state index in [2.05, 4.69) is 5.32 Å². The van der Waals surface area contributed by atoms with Crippen molar-refractivity contribution in [2.45, 2.75) is 35.2 Å². The topological polar surface area (TPSA) is 104 Å². The van der Waals surface area contributed by atoms with Gasteiger partial charge in [-0.05, 0) is 72.5 Å². The second kappa shape index (κ2) is 12.9. The van der Waals surface area contributed by atoms with Crippen LogP contribution in [0.5, 0.6) is 0 Å². The summed E-state index contributed by atoms with van der Waals surface area (Å²) in [5, 5.41) is 22.8. The number of nitrogens with one attached hydrogen (secondary N) is 1. The molecule has 0 bridgehead atoms. The number of rotatable bonds is 11. The van der Waals surface area contributed by atoms with Crippen molar-refractivity contribution < 1.29 is 23.4 Å². The molecule has 1 atom stereocenters. The lowest BCUT2D eigenvalue weighted by molar-refractivity contribution is -0.136. The highest BCUT2D eigenvalue weighted by Crippen LogP contribution is 2.23. The predicted molar refractivity (Wildman–Crippen MR) is 135 cm³/mol. The molecule has 3 N–H and O–H groups in total. The van der Waals surface area contributed by atoms with Gasteiger partial charge in [-0.15, -0.1) is 12.4 Å². The Morgan fingerprint density at radius 2 is 1.62 bits per heavy atom. The molecule has 0 aliphatic heterocycles. The highest BCUT2D eigenvalue weighted by atomic mass is 35.5. The van der Waals surface area contributed by atoms with Crippen LogP contribution in [0.15, 0.2) is 82.6 Å². The molecule has 3 rings (SSSR count). The fraction of sp³-hybridized carbons (Fsp3) is 0.240. The number of sulfone groups is 1. The van der Waals surface area contributed by atoms with Gasteiger partial charge in [0, 0.05) is 18.0 Å². The molecule has 34 heavy (non-hydrogen) atoms. The molecule has 0 saturated carbocycles. The zero-order chi connectivity index (χ0) is 23.8. The zero-order valence-electron chi connectivity index (χ0n) is 18.4. The smallest absolute Gasteiger partial charge is 0.303 e. The molecule has 0 aliphatic carbocycles. The molecule has 3 aromatic rings. The average molecular weight is 524 g/mol. The number of aliphatic carboxylic acids is 1. The number of carbonyl (C=O) groups is 1. The normalized spacial score (nSPS) is 12.1. The largest absolute Gasteiger partial charge is 0.481 e. The number of carboxylic acid groups (broad SMARTS) is 1. The second-order valence-corrected chi connectivity index (χ2v) is 10.1. The molecule has 0 amide bonds. The molecule has 0 unspecified atom stereocenters. The van der Waals surface area contributed by atoms with Gasteiger partial charge < -0.3 is 15.5 Å². The fourth-order valence-corrected chi connectivity index (χ4v) is 4.92. The first kappa shape index (κ1) is 27.8. The van der Waals surface area contributed by atoms with E-state index in [1.165, 1.54) is 12.1 Å². The van der Waals surface area contributed by atoms with Gasteiger partial charge in [-0.3, -0.25) is 4.79 Å². The third-order valence-electron chi connectivity index (χ3n) is 5.23. The summed E-state index contributed by atoms with van der Waals surface area (Å²) in [5.41, 5.74) is 2.38. The summed E-state index contributed by atoms with van der Waals surface area (Å²) >= 11 is 5.95. The first-order valence-electron chi connectivity index (χ1n) is 10.5. The summed E-state index contributed by atoms with van der Waals surface area (Å²) in [7, 11) is -3.69. The van der Waals surface area contributed by atoms with E-state index >= 15 is 0 Å². The lowest BCUT2D eigenvalue weighted by Gasteiger charge is -2.13. The van der Waals surface area contributed by atoms with Gasteiger partial charge in [0.25, 0.3) is 0 Å². The fourth-order valence-electron chi connectivity index (χ4n) is 3.39. The van der Waals surface area contributed by atoms with Gasteiger partial charge in [0.05, 0.1) is 15.9 Å². The van der Waals surface area contributed by atoms with Crippen molar-refractivity contribution in [3.8, 4) is 0 Å². The first-order chi connectivity index (χ1) is 15.8. The minimum atomic E-state index is -3.69. The molecule has 0 saturated heterocycles. The third kappa shape index (κ3) is 7.82. The Morgan fingerprint density at radius 3 is 2.29 bits per heavy atom. The van der Waals surface area contributed by atoms with Crippen LogP contribution >= 0.6 is 24.0 Å². The van der Waals surface area contributed by atoms with Crippen LogP contribution < -0.4 is 5.32 Å². The number of carboxylic acids is 1. The molecular formula is C25H27Cl2NO5S. The third-order valence-corrected chi connectivity index (χ3v) is 7.23. The highest BCUT2D eigenvalue weighted by Gasteiger charge is 2.18. The van der Waals surface area contributed by atoms with E-state index < -0.39 is 21.9 Å². The van der Waals surface area contributed by atoms with Crippen LogP contribution in [0.2, 0.25) is 5.02 Å². The second-order valence-electron chi connectivity index (χ2n) is 7.71. The molecule has 0 fully saturated rings. The number of hydrogen-bond acceptors (Lipinski definition) is 5. The van der Waals surface area contributed by atoms with Crippen molar-refractivity contribution >= 4 is 39.8 Å². The van der Waals surface area contributed by atoms with E-state index in [1.54, 1.807) is 54.6 Å². The summed E-state index contributed by atoms with van der Waals surface area (Å²) in [6, 6.07) is 20.2. The number of aryl methyl sites for hydroxylation is 1. The SMILES string of the molecule is Cl.O=C(O)CCc1cccc(S(=O)(=O)c2ccc(CCNC[C@H](O)c3cccc(Cl)c3)cc2)c1. The number of halogens is 2. The predicted octanol–water partition coefficient (Wildman–Crippen LogP) is 4.48. The first-order valence-corrected chi connectivity index (χ1v) is 12.4. The van der Waals surface area contributed by atoms with Gasteiger partial charge in [-0.2, -0.15) is 0 Å². The Hall–Kier alpha value is -2.42. The van der Waals surface area contributed by atoms with Crippen molar-refractivity contribution in [2.75, 3.05) is 13.1 Å². The Morgan fingerprint density at radius 1 is 0.912 bits per heavy atom. The van der Waals surface area contributed by atoms with Crippen LogP contribution in [-0.2, 0) is 27.5 Å². The van der Waals surface area contributed by atoms with E-state index in [-0.39, 0.29) is 35.0 Å².